The molecule has 0 bridgehead atoms. The Morgan fingerprint density at radius 2 is 1.74 bits per heavy atom. The normalized spacial score (nSPS) is 15.2. The molecular formula is C31H27FN2O4S. The van der Waals surface area contributed by atoms with Gasteiger partial charge in [-0.05, 0) is 50.6 Å². The van der Waals surface area contributed by atoms with Crippen LogP contribution in [0.15, 0.2) is 94.2 Å². The van der Waals surface area contributed by atoms with Gasteiger partial charge in [-0.2, -0.15) is 0 Å². The monoisotopic (exact) mass is 542 g/mol. The van der Waals surface area contributed by atoms with Gasteiger partial charge in [-0.15, -0.1) is 0 Å². The lowest BCUT2D eigenvalue weighted by molar-refractivity contribution is -0.138. The van der Waals surface area contributed by atoms with E-state index in [-0.39, 0.29) is 23.8 Å². The second-order valence-corrected chi connectivity index (χ2v) is 10.2. The summed E-state index contributed by atoms with van der Waals surface area (Å²) >= 11 is 1.22. The van der Waals surface area contributed by atoms with E-state index < -0.39 is 17.8 Å². The quantitative estimate of drug-likeness (QED) is 0.313. The van der Waals surface area contributed by atoms with Crippen molar-refractivity contribution in [3.8, 4) is 5.75 Å². The van der Waals surface area contributed by atoms with Crippen LogP contribution in [0.4, 0.5) is 4.39 Å². The number of carbonyl (C=O) groups is 1. The molecule has 3 aromatic carbocycles. The molecule has 0 aliphatic carbocycles. The van der Waals surface area contributed by atoms with E-state index >= 15 is 0 Å². The van der Waals surface area contributed by atoms with Crippen LogP contribution in [0.5, 0.6) is 5.75 Å². The van der Waals surface area contributed by atoms with Gasteiger partial charge in [-0.3, -0.25) is 9.36 Å². The van der Waals surface area contributed by atoms with Crippen molar-refractivity contribution in [3.63, 3.8) is 0 Å². The lowest BCUT2D eigenvalue weighted by atomic mass is 9.93. The van der Waals surface area contributed by atoms with Crippen LogP contribution in [0.2, 0.25) is 0 Å². The molecule has 0 N–H and O–H groups in total. The molecule has 0 radical (unpaired) electrons. The maximum Gasteiger partial charge on any atom is 0.338 e. The Bertz CT molecular complexity index is 1720. The fourth-order valence-corrected chi connectivity index (χ4v) is 5.49. The standard InChI is InChI=1S/C31H27FN2O4S/c1-4-37-30(36)26-27(20-10-6-5-7-11-20)33-31-34(28(26)21-14-16-23(32)17-15-21)29(35)25(39-31)18-22-12-8-9-13-24(22)38-19(2)3/h5-19,28H,4H2,1-3H3/b25-18-/t28-/m1/s1. The summed E-state index contributed by atoms with van der Waals surface area (Å²) in [6, 6.07) is 21.7. The molecule has 0 fully saturated rings. The number of ether oxygens (including phenoxy) is 2. The molecule has 0 unspecified atom stereocenters. The molecule has 0 spiro atoms. The van der Waals surface area contributed by atoms with Gasteiger partial charge in [0.25, 0.3) is 5.56 Å². The highest BCUT2D eigenvalue weighted by molar-refractivity contribution is 7.07. The molecule has 1 aromatic heterocycles. The Morgan fingerprint density at radius 3 is 2.44 bits per heavy atom. The largest absolute Gasteiger partial charge is 0.490 e. The minimum absolute atomic E-state index is 0.0418. The first-order chi connectivity index (χ1) is 18.9. The van der Waals surface area contributed by atoms with Crippen LogP contribution in [0, 0.1) is 5.82 Å². The smallest absolute Gasteiger partial charge is 0.338 e. The van der Waals surface area contributed by atoms with Crippen LogP contribution in [0.3, 0.4) is 0 Å². The second kappa shape index (κ2) is 11.2. The zero-order valence-electron chi connectivity index (χ0n) is 21.8. The van der Waals surface area contributed by atoms with Crippen LogP contribution in [0.1, 0.15) is 43.5 Å². The molecular weight excluding hydrogens is 515 g/mol. The SMILES string of the molecule is CCOC(=O)C1=C(c2ccccc2)N=c2s/c(=C\c3ccccc3OC(C)C)c(=O)n2[C@@H]1c1ccc(F)cc1. The number of fused-ring (bicyclic) bond motifs is 1. The average molecular weight is 543 g/mol. The topological polar surface area (TPSA) is 69.9 Å². The molecule has 198 valence electrons. The number of hydrogen-bond acceptors (Lipinski definition) is 6. The zero-order valence-corrected chi connectivity index (χ0v) is 22.6. The van der Waals surface area contributed by atoms with E-state index in [0.29, 0.717) is 31.9 Å². The summed E-state index contributed by atoms with van der Waals surface area (Å²) in [5, 5.41) is 0. The van der Waals surface area contributed by atoms with Crippen LogP contribution in [-0.2, 0) is 9.53 Å². The fourth-order valence-electron chi connectivity index (χ4n) is 4.50. The summed E-state index contributed by atoms with van der Waals surface area (Å²) in [5.41, 5.74) is 2.35. The molecule has 8 heteroatoms. The summed E-state index contributed by atoms with van der Waals surface area (Å²) in [6.07, 6.45) is 1.74. The van der Waals surface area contributed by atoms with E-state index in [1.165, 1.54) is 28.0 Å². The Morgan fingerprint density at radius 1 is 1.05 bits per heavy atom. The van der Waals surface area contributed by atoms with Crippen molar-refractivity contribution in [3.05, 3.63) is 127 Å². The van der Waals surface area contributed by atoms with Gasteiger partial charge in [-0.25, -0.2) is 14.2 Å². The van der Waals surface area contributed by atoms with Gasteiger partial charge in [0.05, 0.1) is 34.6 Å². The summed E-state index contributed by atoms with van der Waals surface area (Å²) in [5.74, 6) is -0.345. The van der Waals surface area contributed by atoms with E-state index in [0.717, 1.165) is 5.56 Å². The number of carbonyl (C=O) groups excluding carboxylic acids is 1. The molecule has 5 rings (SSSR count). The first kappa shape index (κ1) is 26.3. The van der Waals surface area contributed by atoms with Crippen molar-refractivity contribution >= 4 is 29.1 Å². The maximum atomic E-state index is 14.0. The highest BCUT2D eigenvalue weighted by Crippen LogP contribution is 2.35. The number of nitrogens with zero attached hydrogens (tertiary/aromatic N) is 2. The zero-order chi connectivity index (χ0) is 27.5. The van der Waals surface area contributed by atoms with E-state index in [4.69, 9.17) is 14.5 Å². The van der Waals surface area contributed by atoms with E-state index in [1.807, 2.05) is 68.4 Å². The van der Waals surface area contributed by atoms with Crippen LogP contribution < -0.4 is 19.6 Å². The van der Waals surface area contributed by atoms with Crippen molar-refractivity contribution < 1.29 is 18.7 Å². The molecule has 6 nitrogen and oxygen atoms in total. The molecule has 0 saturated carbocycles. The molecule has 0 amide bonds. The van der Waals surface area contributed by atoms with Gasteiger partial charge < -0.3 is 9.47 Å². The summed E-state index contributed by atoms with van der Waals surface area (Å²) < 4.78 is 27.2. The van der Waals surface area contributed by atoms with Crippen molar-refractivity contribution in [1.29, 1.82) is 0 Å². The Balaban J connectivity index is 1.80. The van der Waals surface area contributed by atoms with Gasteiger partial charge in [0.2, 0.25) is 0 Å². The Labute approximate surface area is 229 Å². The Hall–Kier alpha value is -4.30. The van der Waals surface area contributed by atoms with Crippen molar-refractivity contribution in [2.24, 2.45) is 4.99 Å². The number of para-hydroxylation sites is 1. The van der Waals surface area contributed by atoms with Crippen LogP contribution >= 0.6 is 11.3 Å². The lowest BCUT2D eigenvalue weighted by Gasteiger charge is -2.25. The van der Waals surface area contributed by atoms with Crippen molar-refractivity contribution in [2.75, 3.05) is 6.61 Å². The van der Waals surface area contributed by atoms with Crippen molar-refractivity contribution in [2.45, 2.75) is 32.9 Å². The number of esters is 1. The maximum absolute atomic E-state index is 14.0. The average Bonchev–Trinajstić information content (AvgIpc) is 3.24. The second-order valence-electron chi connectivity index (χ2n) is 9.19. The fraction of sp³-hybridized carbons (Fsp3) is 0.194. The van der Waals surface area contributed by atoms with Gasteiger partial charge in [0.15, 0.2) is 4.80 Å². The number of thiazole rings is 1. The lowest BCUT2D eigenvalue weighted by Crippen LogP contribution is -2.40. The number of hydrogen-bond donors (Lipinski definition) is 0. The number of rotatable bonds is 7. The summed E-state index contributed by atoms with van der Waals surface area (Å²) in [4.78, 5) is 32.7. The Kier molecular flexibility index (Phi) is 7.56. The minimum Gasteiger partial charge on any atom is -0.490 e. The molecule has 1 atom stereocenters. The van der Waals surface area contributed by atoms with Crippen LogP contribution in [-0.4, -0.2) is 23.2 Å². The van der Waals surface area contributed by atoms with Crippen LogP contribution in [0.25, 0.3) is 11.8 Å². The van der Waals surface area contributed by atoms with Gasteiger partial charge >= 0.3 is 5.97 Å². The van der Waals surface area contributed by atoms with E-state index in [1.54, 1.807) is 25.1 Å². The molecule has 0 saturated heterocycles. The van der Waals surface area contributed by atoms with Crippen molar-refractivity contribution in [1.82, 2.24) is 4.57 Å². The summed E-state index contributed by atoms with van der Waals surface area (Å²) in [7, 11) is 0. The summed E-state index contributed by atoms with van der Waals surface area (Å²) in [6.45, 7) is 5.75. The number of halogens is 1. The molecule has 2 heterocycles. The predicted octanol–water partition coefficient (Wildman–Crippen LogP) is 4.86. The molecule has 39 heavy (non-hydrogen) atoms. The number of aromatic nitrogens is 1. The highest BCUT2D eigenvalue weighted by Gasteiger charge is 2.35. The molecule has 4 aromatic rings. The highest BCUT2D eigenvalue weighted by atomic mass is 32.1. The minimum atomic E-state index is -0.861. The third-order valence-electron chi connectivity index (χ3n) is 6.13. The third kappa shape index (κ3) is 5.33. The number of benzene rings is 3. The van der Waals surface area contributed by atoms with Gasteiger partial charge in [0.1, 0.15) is 11.6 Å². The van der Waals surface area contributed by atoms with E-state index in [2.05, 4.69) is 0 Å². The van der Waals surface area contributed by atoms with Gasteiger partial charge in [-0.1, -0.05) is 72.0 Å². The first-order valence-corrected chi connectivity index (χ1v) is 13.5. The predicted molar refractivity (Wildman–Crippen MR) is 150 cm³/mol. The van der Waals surface area contributed by atoms with E-state index in [9.17, 15) is 14.0 Å². The van der Waals surface area contributed by atoms with Gasteiger partial charge in [0, 0.05) is 11.1 Å². The third-order valence-corrected chi connectivity index (χ3v) is 7.11. The molecule has 1 aliphatic rings. The molecule has 1 aliphatic heterocycles. The first-order valence-electron chi connectivity index (χ1n) is 12.7.